The molecular formula is C8H14N2O. The van der Waals surface area contributed by atoms with E-state index in [1.807, 2.05) is 20.8 Å². The van der Waals surface area contributed by atoms with E-state index < -0.39 is 0 Å². The number of aryl methyl sites for hydroxylation is 2. The molecule has 1 heterocycles. The quantitative estimate of drug-likeness (QED) is 0.704. The fourth-order valence-corrected chi connectivity index (χ4v) is 1.28. The Morgan fingerprint density at radius 3 is 2.45 bits per heavy atom. The zero-order valence-corrected chi connectivity index (χ0v) is 7.43. The highest BCUT2D eigenvalue weighted by atomic mass is 16.5. The summed E-state index contributed by atoms with van der Waals surface area (Å²) >= 11 is 0. The van der Waals surface area contributed by atoms with E-state index in [0.717, 1.165) is 11.4 Å². The summed E-state index contributed by atoms with van der Waals surface area (Å²) in [6.07, 6.45) is 0.133. The van der Waals surface area contributed by atoms with Crippen LogP contribution in [0, 0.1) is 13.8 Å². The third-order valence-electron chi connectivity index (χ3n) is 1.95. The average Bonchev–Trinajstić information content (AvgIpc) is 2.30. The predicted octanol–water partition coefficient (Wildman–Crippen LogP) is 1.73. The van der Waals surface area contributed by atoms with Crippen LogP contribution < -0.4 is 0 Å². The highest BCUT2D eigenvalue weighted by molar-refractivity contribution is 5.25. The Morgan fingerprint density at radius 2 is 2.09 bits per heavy atom. The predicted molar refractivity (Wildman–Crippen MR) is 43.5 cm³/mol. The maximum atomic E-state index is 5.20. The summed E-state index contributed by atoms with van der Waals surface area (Å²) < 4.78 is 5.20. The van der Waals surface area contributed by atoms with Gasteiger partial charge in [0.25, 0.3) is 0 Å². The summed E-state index contributed by atoms with van der Waals surface area (Å²) in [5, 5.41) is 7.00. The number of ether oxygens (including phenoxy) is 1. The summed E-state index contributed by atoms with van der Waals surface area (Å²) in [5.74, 6) is 0. The van der Waals surface area contributed by atoms with E-state index in [1.165, 1.54) is 5.56 Å². The van der Waals surface area contributed by atoms with Gasteiger partial charge in [0.05, 0.1) is 11.8 Å². The number of hydrogen-bond acceptors (Lipinski definition) is 2. The van der Waals surface area contributed by atoms with E-state index in [4.69, 9.17) is 4.74 Å². The Morgan fingerprint density at radius 1 is 1.45 bits per heavy atom. The third kappa shape index (κ3) is 1.43. The molecule has 3 heteroatoms. The zero-order valence-electron chi connectivity index (χ0n) is 7.43. The van der Waals surface area contributed by atoms with Crippen molar-refractivity contribution in [3.05, 3.63) is 17.0 Å². The van der Waals surface area contributed by atoms with Crippen molar-refractivity contribution in [2.24, 2.45) is 0 Å². The molecule has 11 heavy (non-hydrogen) atoms. The maximum Gasteiger partial charge on any atom is 0.0828 e. The lowest BCUT2D eigenvalue weighted by molar-refractivity contribution is 0.118. The molecule has 0 bridgehead atoms. The van der Waals surface area contributed by atoms with Crippen molar-refractivity contribution < 1.29 is 4.74 Å². The van der Waals surface area contributed by atoms with Crippen LogP contribution in [0.25, 0.3) is 0 Å². The first-order valence-electron chi connectivity index (χ1n) is 3.71. The molecule has 0 spiro atoms. The molecule has 0 aliphatic rings. The van der Waals surface area contributed by atoms with Gasteiger partial charge in [0, 0.05) is 18.4 Å². The van der Waals surface area contributed by atoms with E-state index in [0.29, 0.717) is 0 Å². The Kier molecular flexibility index (Phi) is 2.29. The lowest BCUT2D eigenvalue weighted by Gasteiger charge is -2.08. The molecule has 1 aromatic rings. The fraction of sp³-hybridized carbons (Fsp3) is 0.625. The van der Waals surface area contributed by atoms with E-state index in [1.54, 1.807) is 7.11 Å². The molecule has 3 nitrogen and oxygen atoms in total. The largest absolute Gasteiger partial charge is 0.377 e. The molecule has 1 atom stereocenters. The van der Waals surface area contributed by atoms with Crippen LogP contribution in [0.4, 0.5) is 0 Å². The smallest absolute Gasteiger partial charge is 0.0828 e. The van der Waals surface area contributed by atoms with Gasteiger partial charge in [0.2, 0.25) is 0 Å². The number of hydrogen-bond donors (Lipinski definition) is 1. The number of methoxy groups -OCH3 is 1. The Labute approximate surface area is 66.8 Å². The molecule has 0 saturated carbocycles. The van der Waals surface area contributed by atoms with Crippen LogP contribution in [-0.4, -0.2) is 17.3 Å². The minimum atomic E-state index is 0.133. The zero-order chi connectivity index (χ0) is 8.43. The normalized spacial score (nSPS) is 13.5. The molecule has 0 unspecified atom stereocenters. The summed E-state index contributed by atoms with van der Waals surface area (Å²) in [6.45, 7) is 6.00. The first kappa shape index (κ1) is 8.27. The van der Waals surface area contributed by atoms with Crippen LogP contribution in [0.1, 0.15) is 30.0 Å². The molecule has 0 amide bonds. The van der Waals surface area contributed by atoms with Crippen LogP contribution in [0.5, 0.6) is 0 Å². The fourth-order valence-electron chi connectivity index (χ4n) is 1.28. The first-order valence-corrected chi connectivity index (χ1v) is 3.71. The second kappa shape index (κ2) is 3.05. The van der Waals surface area contributed by atoms with E-state index in [2.05, 4.69) is 10.2 Å². The van der Waals surface area contributed by atoms with Crippen LogP contribution >= 0.6 is 0 Å². The van der Waals surface area contributed by atoms with Crippen LogP contribution in [0.2, 0.25) is 0 Å². The number of H-pyrrole nitrogens is 1. The molecule has 0 aliphatic carbocycles. The van der Waals surface area contributed by atoms with Gasteiger partial charge in [-0.3, -0.25) is 5.10 Å². The van der Waals surface area contributed by atoms with Gasteiger partial charge in [-0.05, 0) is 20.8 Å². The highest BCUT2D eigenvalue weighted by Gasteiger charge is 2.12. The Balaban J connectivity index is 3.00. The summed E-state index contributed by atoms with van der Waals surface area (Å²) in [6, 6.07) is 0. The van der Waals surface area contributed by atoms with Gasteiger partial charge in [-0.2, -0.15) is 5.10 Å². The van der Waals surface area contributed by atoms with Gasteiger partial charge in [-0.25, -0.2) is 0 Å². The Hall–Kier alpha value is -0.830. The first-order chi connectivity index (χ1) is 5.16. The van der Waals surface area contributed by atoms with Crippen LogP contribution in [0.15, 0.2) is 0 Å². The molecule has 1 N–H and O–H groups in total. The van der Waals surface area contributed by atoms with Gasteiger partial charge >= 0.3 is 0 Å². The second-order valence-electron chi connectivity index (χ2n) is 2.73. The van der Waals surface area contributed by atoms with Crippen molar-refractivity contribution in [2.75, 3.05) is 7.11 Å². The molecule has 0 fully saturated rings. The van der Waals surface area contributed by atoms with Crippen molar-refractivity contribution in [3.8, 4) is 0 Å². The average molecular weight is 154 g/mol. The van der Waals surface area contributed by atoms with Gasteiger partial charge in [0.15, 0.2) is 0 Å². The molecule has 0 aliphatic heterocycles. The van der Waals surface area contributed by atoms with Gasteiger partial charge < -0.3 is 4.74 Å². The summed E-state index contributed by atoms with van der Waals surface area (Å²) in [7, 11) is 1.70. The molecule has 0 aromatic carbocycles. The summed E-state index contributed by atoms with van der Waals surface area (Å²) in [5.41, 5.74) is 3.29. The molecular weight excluding hydrogens is 140 g/mol. The Bertz CT molecular complexity index is 223. The monoisotopic (exact) mass is 154 g/mol. The van der Waals surface area contributed by atoms with Crippen LogP contribution in [0.3, 0.4) is 0 Å². The maximum absolute atomic E-state index is 5.20. The standard InChI is InChI=1S/C8H14N2O/c1-5-8(7(3)11-4)6(2)10-9-5/h7H,1-4H3,(H,9,10)/t7-/m1/s1. The van der Waals surface area contributed by atoms with Crippen molar-refractivity contribution >= 4 is 0 Å². The minimum absolute atomic E-state index is 0.133. The number of rotatable bonds is 2. The van der Waals surface area contributed by atoms with Crippen LogP contribution in [-0.2, 0) is 4.74 Å². The SMILES string of the molecule is CO[C@H](C)c1c(C)n[nH]c1C. The van der Waals surface area contributed by atoms with E-state index in [9.17, 15) is 0 Å². The van der Waals surface area contributed by atoms with Crippen molar-refractivity contribution in [3.63, 3.8) is 0 Å². The molecule has 1 aromatic heterocycles. The van der Waals surface area contributed by atoms with E-state index in [-0.39, 0.29) is 6.10 Å². The number of nitrogens with zero attached hydrogens (tertiary/aromatic N) is 1. The van der Waals surface area contributed by atoms with Crippen molar-refractivity contribution in [1.82, 2.24) is 10.2 Å². The van der Waals surface area contributed by atoms with E-state index >= 15 is 0 Å². The third-order valence-corrected chi connectivity index (χ3v) is 1.95. The van der Waals surface area contributed by atoms with Gasteiger partial charge in [-0.1, -0.05) is 0 Å². The molecule has 1 rings (SSSR count). The van der Waals surface area contributed by atoms with Crippen molar-refractivity contribution in [1.29, 1.82) is 0 Å². The highest BCUT2D eigenvalue weighted by Crippen LogP contribution is 2.20. The lowest BCUT2D eigenvalue weighted by Crippen LogP contribution is -1.98. The second-order valence-corrected chi connectivity index (χ2v) is 2.73. The minimum Gasteiger partial charge on any atom is -0.377 e. The lowest BCUT2D eigenvalue weighted by atomic mass is 10.1. The molecule has 0 saturated heterocycles. The van der Waals surface area contributed by atoms with Crippen molar-refractivity contribution in [2.45, 2.75) is 26.9 Å². The molecule has 62 valence electrons. The number of aromatic amines is 1. The molecule has 0 radical (unpaired) electrons. The van der Waals surface area contributed by atoms with Gasteiger partial charge in [0.1, 0.15) is 0 Å². The topological polar surface area (TPSA) is 37.9 Å². The van der Waals surface area contributed by atoms with Gasteiger partial charge in [-0.15, -0.1) is 0 Å². The summed E-state index contributed by atoms with van der Waals surface area (Å²) in [4.78, 5) is 0. The number of nitrogens with one attached hydrogen (secondary N) is 1. The number of aromatic nitrogens is 2.